The van der Waals surface area contributed by atoms with Gasteiger partial charge < -0.3 is 10.1 Å². The summed E-state index contributed by atoms with van der Waals surface area (Å²) in [4.78, 5) is 1.43. The van der Waals surface area contributed by atoms with Crippen LogP contribution in [-0.4, -0.2) is 24.0 Å². The molecule has 0 radical (unpaired) electrons. The number of rotatable bonds is 5. The van der Waals surface area contributed by atoms with Crippen molar-refractivity contribution >= 4 is 11.8 Å². The van der Waals surface area contributed by atoms with Crippen molar-refractivity contribution in [1.29, 1.82) is 0 Å². The zero-order valence-electron chi connectivity index (χ0n) is 11.8. The Morgan fingerprint density at radius 2 is 2.16 bits per heavy atom. The highest BCUT2D eigenvalue weighted by Crippen LogP contribution is 2.35. The summed E-state index contributed by atoms with van der Waals surface area (Å²) < 4.78 is 5.67. The largest absolute Gasteiger partial charge is 0.377 e. The normalized spacial score (nSPS) is 26.8. The van der Waals surface area contributed by atoms with Crippen LogP contribution in [0, 0.1) is 6.92 Å². The molecule has 2 fully saturated rings. The van der Waals surface area contributed by atoms with Crippen molar-refractivity contribution in [2.24, 2.45) is 0 Å². The van der Waals surface area contributed by atoms with Crippen molar-refractivity contribution in [3.8, 4) is 0 Å². The molecule has 2 atom stereocenters. The Kier molecular flexibility index (Phi) is 4.15. The minimum absolute atomic E-state index is 0.385. The Balaban J connectivity index is 1.70. The standard InChI is InChI=1S/C16H23NOS/c1-11-3-6-16(19-15-7-8-18-12(15)2)13(9-11)10-17-14-4-5-14/h3,6,9,12,14-15,17H,4-5,7-8,10H2,1-2H3. The second kappa shape index (κ2) is 5.86. The summed E-state index contributed by atoms with van der Waals surface area (Å²) in [7, 11) is 0. The number of hydrogen-bond donors (Lipinski definition) is 1. The highest BCUT2D eigenvalue weighted by atomic mass is 32.2. The van der Waals surface area contributed by atoms with E-state index in [2.05, 4.69) is 37.4 Å². The number of aryl methyl sites for hydroxylation is 1. The zero-order valence-corrected chi connectivity index (χ0v) is 12.6. The van der Waals surface area contributed by atoms with E-state index in [1.54, 1.807) is 0 Å². The van der Waals surface area contributed by atoms with Crippen molar-refractivity contribution in [3.63, 3.8) is 0 Å². The van der Waals surface area contributed by atoms with E-state index >= 15 is 0 Å². The van der Waals surface area contributed by atoms with Gasteiger partial charge in [-0.2, -0.15) is 0 Å². The monoisotopic (exact) mass is 277 g/mol. The molecule has 0 aromatic heterocycles. The summed E-state index contributed by atoms with van der Waals surface area (Å²) in [6.07, 6.45) is 4.26. The Hall–Kier alpha value is -0.510. The third-order valence-electron chi connectivity index (χ3n) is 3.96. The van der Waals surface area contributed by atoms with Gasteiger partial charge in [-0.25, -0.2) is 0 Å². The molecule has 0 bridgehead atoms. The SMILES string of the molecule is Cc1ccc(SC2CCOC2C)c(CNC2CC2)c1. The highest BCUT2D eigenvalue weighted by molar-refractivity contribution is 8.00. The molecule has 2 nitrogen and oxygen atoms in total. The Morgan fingerprint density at radius 3 is 2.84 bits per heavy atom. The number of benzene rings is 1. The first-order chi connectivity index (χ1) is 9.22. The first-order valence-electron chi connectivity index (χ1n) is 7.33. The van der Waals surface area contributed by atoms with E-state index in [4.69, 9.17) is 4.74 Å². The molecule has 1 N–H and O–H groups in total. The van der Waals surface area contributed by atoms with Crippen LogP contribution in [-0.2, 0) is 11.3 Å². The van der Waals surface area contributed by atoms with Gasteiger partial charge in [0.15, 0.2) is 0 Å². The van der Waals surface area contributed by atoms with Gasteiger partial charge in [-0.3, -0.25) is 0 Å². The van der Waals surface area contributed by atoms with Gasteiger partial charge in [-0.1, -0.05) is 17.7 Å². The average molecular weight is 277 g/mol. The van der Waals surface area contributed by atoms with Crippen LogP contribution < -0.4 is 5.32 Å². The van der Waals surface area contributed by atoms with E-state index in [1.807, 2.05) is 11.8 Å². The minimum Gasteiger partial charge on any atom is -0.377 e. The predicted octanol–water partition coefficient (Wildman–Crippen LogP) is 3.52. The fraction of sp³-hybridized carbons (Fsp3) is 0.625. The summed E-state index contributed by atoms with van der Waals surface area (Å²) in [5, 5.41) is 4.25. The molecule has 2 unspecified atom stereocenters. The molecule has 0 spiro atoms. The zero-order chi connectivity index (χ0) is 13.2. The van der Waals surface area contributed by atoms with Crippen LogP contribution in [0.25, 0.3) is 0 Å². The molecule has 1 aliphatic carbocycles. The molecule has 0 amide bonds. The number of nitrogens with one attached hydrogen (secondary N) is 1. The average Bonchev–Trinajstić information content (AvgIpc) is 3.14. The summed E-state index contributed by atoms with van der Waals surface area (Å²) in [6, 6.07) is 7.61. The maximum absolute atomic E-state index is 5.67. The molecule has 1 heterocycles. The third-order valence-corrected chi connectivity index (χ3v) is 5.53. The molecule has 1 aromatic rings. The predicted molar refractivity (Wildman–Crippen MR) is 80.7 cm³/mol. The van der Waals surface area contributed by atoms with Gasteiger partial charge in [0.05, 0.1) is 6.10 Å². The maximum Gasteiger partial charge on any atom is 0.0669 e. The molecule has 104 valence electrons. The molecule has 1 aliphatic heterocycles. The van der Waals surface area contributed by atoms with Crippen LogP contribution in [0.5, 0.6) is 0 Å². The van der Waals surface area contributed by atoms with Crippen molar-refractivity contribution in [2.45, 2.75) is 61.9 Å². The molecule has 1 saturated heterocycles. The van der Waals surface area contributed by atoms with Crippen LogP contribution in [0.1, 0.15) is 37.3 Å². The van der Waals surface area contributed by atoms with E-state index in [-0.39, 0.29) is 0 Å². The quantitative estimate of drug-likeness (QED) is 0.890. The fourth-order valence-corrected chi connectivity index (χ4v) is 3.77. The first-order valence-corrected chi connectivity index (χ1v) is 8.21. The lowest BCUT2D eigenvalue weighted by Crippen LogP contribution is -2.17. The van der Waals surface area contributed by atoms with Gasteiger partial charge in [0, 0.05) is 29.3 Å². The Labute approximate surface area is 120 Å². The molecule has 1 saturated carbocycles. The van der Waals surface area contributed by atoms with Crippen molar-refractivity contribution < 1.29 is 4.74 Å². The molecular weight excluding hydrogens is 254 g/mol. The Bertz CT molecular complexity index is 444. The van der Waals surface area contributed by atoms with Crippen LogP contribution in [0.15, 0.2) is 23.1 Å². The molecule has 19 heavy (non-hydrogen) atoms. The van der Waals surface area contributed by atoms with Gasteiger partial charge in [0.1, 0.15) is 0 Å². The van der Waals surface area contributed by atoms with Gasteiger partial charge in [0.2, 0.25) is 0 Å². The lowest BCUT2D eigenvalue weighted by molar-refractivity contribution is 0.127. The second-order valence-corrected chi connectivity index (χ2v) is 7.07. The smallest absolute Gasteiger partial charge is 0.0669 e. The summed E-state index contributed by atoms with van der Waals surface area (Å²) in [5.74, 6) is 0. The van der Waals surface area contributed by atoms with Crippen molar-refractivity contribution in [2.75, 3.05) is 6.61 Å². The van der Waals surface area contributed by atoms with Gasteiger partial charge in [-0.05, 0) is 44.7 Å². The highest BCUT2D eigenvalue weighted by Gasteiger charge is 2.26. The summed E-state index contributed by atoms with van der Waals surface area (Å²) >= 11 is 2.00. The lowest BCUT2D eigenvalue weighted by atomic mass is 10.1. The first kappa shape index (κ1) is 13.5. The van der Waals surface area contributed by atoms with Crippen LogP contribution in [0.3, 0.4) is 0 Å². The molecular formula is C16H23NOS. The van der Waals surface area contributed by atoms with Crippen molar-refractivity contribution in [3.05, 3.63) is 29.3 Å². The summed E-state index contributed by atoms with van der Waals surface area (Å²) in [5.41, 5.74) is 2.81. The second-order valence-electron chi connectivity index (χ2n) is 5.79. The number of hydrogen-bond acceptors (Lipinski definition) is 3. The third kappa shape index (κ3) is 3.53. The van der Waals surface area contributed by atoms with Gasteiger partial charge in [-0.15, -0.1) is 11.8 Å². The van der Waals surface area contributed by atoms with E-state index in [0.29, 0.717) is 11.4 Å². The molecule has 3 rings (SSSR count). The summed E-state index contributed by atoms with van der Waals surface area (Å²) in [6.45, 7) is 6.30. The minimum atomic E-state index is 0.385. The topological polar surface area (TPSA) is 21.3 Å². The maximum atomic E-state index is 5.67. The van der Waals surface area contributed by atoms with Crippen LogP contribution >= 0.6 is 11.8 Å². The van der Waals surface area contributed by atoms with E-state index < -0.39 is 0 Å². The van der Waals surface area contributed by atoms with E-state index in [0.717, 1.165) is 19.2 Å². The number of thioether (sulfide) groups is 1. The number of ether oxygens (including phenoxy) is 1. The molecule has 2 aliphatic rings. The van der Waals surface area contributed by atoms with E-state index in [1.165, 1.54) is 35.3 Å². The van der Waals surface area contributed by atoms with Gasteiger partial charge in [0.25, 0.3) is 0 Å². The van der Waals surface area contributed by atoms with Gasteiger partial charge >= 0.3 is 0 Å². The lowest BCUT2D eigenvalue weighted by Gasteiger charge is -2.17. The van der Waals surface area contributed by atoms with Crippen molar-refractivity contribution in [1.82, 2.24) is 5.32 Å². The van der Waals surface area contributed by atoms with Crippen LogP contribution in [0.2, 0.25) is 0 Å². The fourth-order valence-electron chi connectivity index (χ4n) is 2.53. The molecule has 3 heteroatoms. The Morgan fingerprint density at radius 1 is 1.32 bits per heavy atom. The van der Waals surface area contributed by atoms with E-state index in [9.17, 15) is 0 Å². The molecule has 1 aromatic carbocycles. The van der Waals surface area contributed by atoms with Crippen LogP contribution in [0.4, 0.5) is 0 Å².